The van der Waals surface area contributed by atoms with Crippen molar-refractivity contribution in [3.05, 3.63) is 18.2 Å². The van der Waals surface area contributed by atoms with E-state index in [9.17, 15) is 4.79 Å². The van der Waals surface area contributed by atoms with E-state index in [1.807, 2.05) is 6.07 Å². The van der Waals surface area contributed by atoms with Crippen LogP contribution in [0, 0.1) is 23.2 Å². The molecular formula is C21H30N2O3. The fourth-order valence-electron chi connectivity index (χ4n) is 6.13. The van der Waals surface area contributed by atoms with Crippen LogP contribution in [0.3, 0.4) is 0 Å². The molecule has 0 heterocycles. The summed E-state index contributed by atoms with van der Waals surface area (Å²) in [7, 11) is 3.21. The maximum Gasteiger partial charge on any atom is 0.319 e. The molecule has 0 aliphatic heterocycles. The van der Waals surface area contributed by atoms with Gasteiger partial charge in [-0.3, -0.25) is 0 Å². The minimum absolute atomic E-state index is 0.167. The van der Waals surface area contributed by atoms with E-state index >= 15 is 0 Å². The van der Waals surface area contributed by atoms with Crippen LogP contribution in [0.4, 0.5) is 10.5 Å². The predicted octanol–water partition coefficient (Wildman–Crippen LogP) is 4.43. The second kappa shape index (κ2) is 6.67. The minimum Gasteiger partial charge on any atom is -0.497 e. The summed E-state index contributed by atoms with van der Waals surface area (Å²) < 4.78 is 10.6. The van der Waals surface area contributed by atoms with Crippen LogP contribution in [0.5, 0.6) is 11.5 Å². The summed E-state index contributed by atoms with van der Waals surface area (Å²) in [5.74, 6) is 3.96. The van der Waals surface area contributed by atoms with E-state index in [1.54, 1.807) is 26.4 Å². The Morgan fingerprint density at radius 3 is 2.23 bits per heavy atom. The quantitative estimate of drug-likeness (QED) is 0.818. The number of carbonyl (C=O) groups excluding carboxylic acids is 1. The second-order valence-corrected chi connectivity index (χ2v) is 8.67. The van der Waals surface area contributed by atoms with Gasteiger partial charge in [-0.05, 0) is 80.8 Å². The predicted molar refractivity (Wildman–Crippen MR) is 102 cm³/mol. The van der Waals surface area contributed by atoms with Crippen LogP contribution in [0.2, 0.25) is 0 Å². The van der Waals surface area contributed by atoms with Gasteiger partial charge in [0.25, 0.3) is 0 Å². The molecule has 2 N–H and O–H groups in total. The highest BCUT2D eigenvalue weighted by atomic mass is 16.5. The first-order chi connectivity index (χ1) is 12.5. The van der Waals surface area contributed by atoms with Gasteiger partial charge in [0, 0.05) is 12.1 Å². The van der Waals surface area contributed by atoms with E-state index in [0.29, 0.717) is 22.6 Å². The number of amides is 2. The lowest BCUT2D eigenvalue weighted by molar-refractivity contribution is -0.0679. The average molecular weight is 358 g/mol. The third-order valence-electron chi connectivity index (χ3n) is 7.01. The SMILES string of the molecule is COc1ccc(OC)c(NC(=O)N[C@H](C)C23CC4CC(CC(C4)C2)C3)c1. The first-order valence-corrected chi connectivity index (χ1v) is 9.81. The van der Waals surface area contributed by atoms with Gasteiger partial charge in [0.1, 0.15) is 11.5 Å². The van der Waals surface area contributed by atoms with Crippen LogP contribution in [-0.2, 0) is 0 Å². The Balaban J connectivity index is 1.44. The lowest BCUT2D eigenvalue weighted by Gasteiger charge is -2.59. The molecule has 5 heteroatoms. The molecular weight excluding hydrogens is 328 g/mol. The van der Waals surface area contributed by atoms with Crippen molar-refractivity contribution < 1.29 is 14.3 Å². The fraction of sp³-hybridized carbons (Fsp3) is 0.667. The third-order valence-corrected chi connectivity index (χ3v) is 7.01. The number of carbonyl (C=O) groups is 1. The molecule has 1 aromatic rings. The lowest BCUT2D eigenvalue weighted by atomic mass is 9.48. The van der Waals surface area contributed by atoms with Gasteiger partial charge in [-0.15, -0.1) is 0 Å². The average Bonchev–Trinajstić information content (AvgIpc) is 2.60. The van der Waals surface area contributed by atoms with Gasteiger partial charge in [0.2, 0.25) is 0 Å². The van der Waals surface area contributed by atoms with Crippen molar-refractivity contribution in [1.29, 1.82) is 0 Å². The Hall–Kier alpha value is -1.91. The molecule has 0 aromatic heterocycles. The molecule has 2 amide bonds. The Labute approximate surface area is 155 Å². The molecule has 0 radical (unpaired) electrons. The summed E-state index contributed by atoms with van der Waals surface area (Å²) in [6.07, 6.45) is 8.09. The number of hydrogen-bond donors (Lipinski definition) is 2. The van der Waals surface area contributed by atoms with E-state index in [1.165, 1.54) is 38.5 Å². The minimum atomic E-state index is -0.167. The van der Waals surface area contributed by atoms with Crippen LogP contribution in [0.15, 0.2) is 18.2 Å². The molecule has 1 atom stereocenters. The molecule has 5 rings (SSSR count). The number of rotatable bonds is 5. The molecule has 5 nitrogen and oxygen atoms in total. The van der Waals surface area contributed by atoms with E-state index in [0.717, 1.165) is 17.8 Å². The number of methoxy groups -OCH3 is 2. The van der Waals surface area contributed by atoms with E-state index in [4.69, 9.17) is 9.47 Å². The number of urea groups is 1. The molecule has 4 fully saturated rings. The molecule has 0 saturated heterocycles. The first-order valence-electron chi connectivity index (χ1n) is 9.81. The summed E-state index contributed by atoms with van der Waals surface area (Å²) in [5, 5.41) is 6.17. The number of benzene rings is 1. The smallest absolute Gasteiger partial charge is 0.319 e. The fourth-order valence-corrected chi connectivity index (χ4v) is 6.13. The van der Waals surface area contributed by atoms with Crippen LogP contribution < -0.4 is 20.1 Å². The van der Waals surface area contributed by atoms with E-state index in [-0.39, 0.29) is 12.1 Å². The maximum absolute atomic E-state index is 12.7. The topological polar surface area (TPSA) is 59.6 Å². The van der Waals surface area contributed by atoms with Crippen LogP contribution in [0.25, 0.3) is 0 Å². The summed E-state index contributed by atoms with van der Waals surface area (Å²) in [5.41, 5.74) is 0.923. The van der Waals surface area contributed by atoms with Crippen molar-refractivity contribution in [1.82, 2.24) is 5.32 Å². The molecule has 142 valence electrons. The number of ether oxygens (including phenoxy) is 2. The van der Waals surface area contributed by atoms with E-state index < -0.39 is 0 Å². The van der Waals surface area contributed by atoms with Crippen LogP contribution >= 0.6 is 0 Å². The zero-order valence-corrected chi connectivity index (χ0v) is 16.0. The van der Waals surface area contributed by atoms with Crippen molar-refractivity contribution in [2.75, 3.05) is 19.5 Å². The Morgan fingerprint density at radius 2 is 1.69 bits per heavy atom. The molecule has 4 saturated carbocycles. The molecule has 4 aliphatic carbocycles. The number of nitrogens with one attached hydrogen (secondary N) is 2. The van der Waals surface area contributed by atoms with Gasteiger partial charge in [0.05, 0.1) is 19.9 Å². The molecule has 0 spiro atoms. The van der Waals surface area contributed by atoms with Gasteiger partial charge >= 0.3 is 6.03 Å². The standard InChI is InChI=1S/C21H30N2O3/c1-13(21-10-14-6-15(11-21)8-16(7-14)12-21)22-20(24)23-18-9-17(25-2)4-5-19(18)26-3/h4-5,9,13-16H,6-8,10-12H2,1-3H3,(H2,22,23,24)/t13-,14?,15?,16?,21?/m1/s1. The van der Waals surface area contributed by atoms with Gasteiger partial charge in [-0.25, -0.2) is 4.79 Å². The van der Waals surface area contributed by atoms with Gasteiger partial charge in [-0.1, -0.05) is 0 Å². The number of hydrogen-bond acceptors (Lipinski definition) is 3. The largest absolute Gasteiger partial charge is 0.497 e. The van der Waals surface area contributed by atoms with Gasteiger partial charge in [-0.2, -0.15) is 0 Å². The summed E-state index contributed by atoms with van der Waals surface area (Å²) >= 11 is 0. The molecule has 26 heavy (non-hydrogen) atoms. The second-order valence-electron chi connectivity index (χ2n) is 8.67. The Bertz CT molecular complexity index is 653. The third kappa shape index (κ3) is 3.12. The highest BCUT2D eigenvalue weighted by Crippen LogP contribution is 2.61. The molecule has 0 unspecified atom stereocenters. The number of anilines is 1. The van der Waals surface area contributed by atoms with Crippen LogP contribution in [-0.4, -0.2) is 26.3 Å². The molecule has 4 bridgehead atoms. The zero-order valence-electron chi connectivity index (χ0n) is 16.0. The molecule has 4 aliphatic rings. The molecule has 1 aromatic carbocycles. The van der Waals surface area contributed by atoms with Gasteiger partial charge < -0.3 is 20.1 Å². The maximum atomic E-state index is 12.7. The normalized spacial score (nSPS) is 32.8. The highest BCUT2D eigenvalue weighted by Gasteiger charge is 2.53. The Kier molecular flexibility index (Phi) is 4.49. The summed E-state index contributed by atoms with van der Waals surface area (Å²) in [6, 6.07) is 5.43. The lowest BCUT2D eigenvalue weighted by Crippen LogP contribution is -2.56. The van der Waals surface area contributed by atoms with Crippen LogP contribution in [0.1, 0.15) is 45.4 Å². The Morgan fingerprint density at radius 1 is 1.08 bits per heavy atom. The monoisotopic (exact) mass is 358 g/mol. The van der Waals surface area contributed by atoms with Crippen molar-refractivity contribution in [3.8, 4) is 11.5 Å². The van der Waals surface area contributed by atoms with E-state index in [2.05, 4.69) is 17.6 Å². The summed E-state index contributed by atoms with van der Waals surface area (Å²) in [6.45, 7) is 2.19. The summed E-state index contributed by atoms with van der Waals surface area (Å²) in [4.78, 5) is 12.7. The van der Waals surface area contributed by atoms with Crippen molar-refractivity contribution in [2.24, 2.45) is 23.2 Å². The first kappa shape index (κ1) is 17.5. The van der Waals surface area contributed by atoms with Gasteiger partial charge in [0.15, 0.2) is 0 Å². The van der Waals surface area contributed by atoms with Crippen molar-refractivity contribution >= 4 is 11.7 Å². The van der Waals surface area contributed by atoms with Crippen molar-refractivity contribution in [3.63, 3.8) is 0 Å². The zero-order chi connectivity index (χ0) is 18.3. The highest BCUT2D eigenvalue weighted by molar-refractivity contribution is 5.91. The van der Waals surface area contributed by atoms with Crippen molar-refractivity contribution in [2.45, 2.75) is 51.5 Å².